The molecule has 5 aromatic rings. The lowest BCUT2D eigenvalue weighted by Crippen LogP contribution is -2.66. The van der Waals surface area contributed by atoms with Crippen LogP contribution in [0.1, 0.15) is 49.6 Å². The number of rotatable bonds is 11. The first-order valence-electron chi connectivity index (χ1n) is 15.3. The third kappa shape index (κ3) is 6.14. The summed E-state index contributed by atoms with van der Waals surface area (Å²) in [5, 5.41) is 19.7. The lowest BCUT2D eigenvalue weighted by molar-refractivity contribution is 0.283. The van der Waals surface area contributed by atoms with Crippen molar-refractivity contribution in [2.24, 2.45) is 0 Å². The Labute approximate surface area is 265 Å². The Bertz CT molecular complexity index is 1850. The Hall–Kier alpha value is -4.72. The molecule has 0 atom stereocenters. The van der Waals surface area contributed by atoms with Crippen LogP contribution in [0, 0.1) is 25.2 Å². The summed E-state index contributed by atoms with van der Waals surface area (Å²) in [4.78, 5) is 18.0. The molecule has 3 aromatic heterocycles. The Morgan fingerprint density at radius 3 is 2.24 bits per heavy atom. The van der Waals surface area contributed by atoms with Crippen molar-refractivity contribution in [3.63, 3.8) is 0 Å². The van der Waals surface area contributed by atoms with Crippen LogP contribution in [-0.2, 0) is 17.4 Å². The van der Waals surface area contributed by atoms with Gasteiger partial charge >= 0.3 is 0 Å². The number of aromatic nitrogens is 4. The number of nitrogens with zero attached hydrogens (tertiary/aromatic N) is 5. The number of fused-ring (bicyclic) bond motifs is 1. The average molecular weight is 620 g/mol. The quantitative estimate of drug-likeness (QED) is 0.164. The van der Waals surface area contributed by atoms with Gasteiger partial charge in [-0.3, -0.25) is 4.79 Å². The average Bonchev–Trinajstić information content (AvgIpc) is 3.32. The maximum absolute atomic E-state index is 13.4. The molecule has 0 saturated carbocycles. The fraction of sp³-hybridized carbons (Fsp3) is 0.314. The maximum Gasteiger partial charge on any atom is 0.261 e. The molecule has 0 unspecified atom stereocenters. The van der Waals surface area contributed by atoms with E-state index in [0.29, 0.717) is 49.6 Å². The topological polar surface area (TPSA) is 123 Å². The molecule has 0 aliphatic heterocycles. The van der Waals surface area contributed by atoms with E-state index in [1.54, 1.807) is 4.57 Å². The van der Waals surface area contributed by atoms with Gasteiger partial charge in [0.2, 0.25) is 0 Å². The van der Waals surface area contributed by atoms with Gasteiger partial charge in [0, 0.05) is 37.0 Å². The Kier molecular flexibility index (Phi) is 9.23. The number of aryl methyl sites for hydroxylation is 3. The maximum atomic E-state index is 13.4. The van der Waals surface area contributed by atoms with Crippen LogP contribution < -0.4 is 27.0 Å². The highest BCUT2D eigenvalue weighted by Gasteiger charge is 2.49. The van der Waals surface area contributed by atoms with Gasteiger partial charge in [-0.2, -0.15) is 14.9 Å². The summed E-state index contributed by atoms with van der Waals surface area (Å²) in [5.41, 5.74) is 9.44. The molecule has 0 bridgehead atoms. The summed E-state index contributed by atoms with van der Waals surface area (Å²) in [7, 11) is -2.63. The summed E-state index contributed by atoms with van der Waals surface area (Å²) < 4.78 is 10.3. The number of hydrogen-bond donors (Lipinski definition) is 2. The van der Waals surface area contributed by atoms with Gasteiger partial charge in [0.05, 0.1) is 5.69 Å². The lowest BCUT2D eigenvalue weighted by atomic mass is 10.2. The summed E-state index contributed by atoms with van der Waals surface area (Å²) >= 11 is 0. The fourth-order valence-corrected chi connectivity index (χ4v) is 10.6. The largest absolute Gasteiger partial charge is 0.407 e. The molecule has 3 N–H and O–H groups in total. The van der Waals surface area contributed by atoms with Crippen molar-refractivity contribution < 1.29 is 4.43 Å². The van der Waals surface area contributed by atoms with Gasteiger partial charge in [-0.05, 0) is 48.2 Å². The van der Waals surface area contributed by atoms with E-state index in [9.17, 15) is 10.1 Å². The van der Waals surface area contributed by atoms with E-state index in [4.69, 9.17) is 10.2 Å². The molecule has 0 saturated heterocycles. The number of nitrogens with two attached hydrogens (primary N) is 1. The number of nitrogens with one attached hydrogen (secondary N) is 1. The second-order valence-corrected chi connectivity index (χ2v) is 16.7. The van der Waals surface area contributed by atoms with E-state index in [2.05, 4.69) is 90.8 Å². The highest BCUT2D eigenvalue weighted by molar-refractivity contribution is 6.99. The molecule has 0 amide bonds. The summed E-state index contributed by atoms with van der Waals surface area (Å²) in [6.07, 6.45) is 2.99. The Balaban J connectivity index is 1.28. The number of nitrogen functional groups attached to an aromatic ring is 1. The first-order valence-corrected chi connectivity index (χ1v) is 17.2. The fourth-order valence-electron chi connectivity index (χ4n) is 6.01. The normalized spacial score (nSPS) is 11.9. The molecular formula is C35H41N7O2Si. The minimum atomic E-state index is -2.63. The molecule has 0 spiro atoms. The van der Waals surface area contributed by atoms with Crippen LogP contribution >= 0.6 is 0 Å². The SMILES string of the molecule is Cc1nn2c(N)c(C#N)c(NCCc3cccn(CCCO[Si](c4ccccc4)(c4ccccc4)C(C)(C)C)c3=O)nc2c1C. The summed E-state index contributed by atoms with van der Waals surface area (Å²) in [6.45, 7) is 12.1. The van der Waals surface area contributed by atoms with Crippen molar-refractivity contribution >= 4 is 36.0 Å². The monoisotopic (exact) mass is 619 g/mol. The third-order valence-corrected chi connectivity index (χ3v) is 13.5. The zero-order chi connectivity index (χ0) is 32.2. The predicted octanol–water partition coefficient (Wildman–Crippen LogP) is 4.58. The van der Waals surface area contributed by atoms with Crippen LogP contribution in [0.15, 0.2) is 83.8 Å². The number of anilines is 2. The van der Waals surface area contributed by atoms with Crippen LogP contribution in [0.3, 0.4) is 0 Å². The third-order valence-electron chi connectivity index (χ3n) is 8.44. The van der Waals surface area contributed by atoms with Crippen LogP contribution in [0.4, 0.5) is 11.6 Å². The van der Waals surface area contributed by atoms with Gasteiger partial charge < -0.3 is 20.0 Å². The summed E-state index contributed by atoms with van der Waals surface area (Å²) in [5.74, 6) is 0.630. The minimum Gasteiger partial charge on any atom is -0.407 e. The van der Waals surface area contributed by atoms with Gasteiger partial charge in [0.25, 0.3) is 13.9 Å². The number of hydrogen-bond acceptors (Lipinski definition) is 7. The zero-order valence-corrected chi connectivity index (χ0v) is 27.7. The molecule has 2 aromatic carbocycles. The molecule has 0 aliphatic carbocycles. The van der Waals surface area contributed by atoms with Crippen LogP contribution in [-0.4, -0.2) is 40.6 Å². The molecule has 232 valence electrons. The van der Waals surface area contributed by atoms with Gasteiger partial charge in [-0.15, -0.1) is 0 Å². The first kappa shape index (κ1) is 31.7. The van der Waals surface area contributed by atoms with Gasteiger partial charge in [-0.1, -0.05) is 87.5 Å². The second kappa shape index (κ2) is 13.1. The number of pyridine rings is 1. The van der Waals surface area contributed by atoms with Gasteiger partial charge in [0.15, 0.2) is 5.65 Å². The van der Waals surface area contributed by atoms with E-state index in [1.165, 1.54) is 14.9 Å². The van der Waals surface area contributed by atoms with Crippen LogP contribution in [0.5, 0.6) is 0 Å². The second-order valence-electron chi connectivity index (χ2n) is 12.4. The molecule has 0 aliphatic rings. The van der Waals surface area contributed by atoms with Crippen molar-refractivity contribution in [3.8, 4) is 6.07 Å². The van der Waals surface area contributed by atoms with Crippen LogP contribution in [0.2, 0.25) is 5.04 Å². The van der Waals surface area contributed by atoms with E-state index in [0.717, 1.165) is 11.3 Å². The molecule has 10 heteroatoms. The van der Waals surface area contributed by atoms with E-state index in [1.807, 2.05) is 44.3 Å². The molecule has 9 nitrogen and oxygen atoms in total. The zero-order valence-electron chi connectivity index (χ0n) is 26.7. The van der Waals surface area contributed by atoms with Crippen molar-refractivity contribution in [3.05, 3.63) is 112 Å². The minimum absolute atomic E-state index is 0.0320. The van der Waals surface area contributed by atoms with Crippen LogP contribution in [0.25, 0.3) is 5.65 Å². The van der Waals surface area contributed by atoms with Crippen molar-refractivity contribution in [1.29, 1.82) is 5.26 Å². The van der Waals surface area contributed by atoms with Gasteiger partial charge in [0.1, 0.15) is 23.3 Å². The highest BCUT2D eigenvalue weighted by Crippen LogP contribution is 2.36. The smallest absolute Gasteiger partial charge is 0.261 e. The van der Waals surface area contributed by atoms with E-state index in [-0.39, 0.29) is 22.0 Å². The highest BCUT2D eigenvalue weighted by atomic mass is 28.4. The molecule has 0 radical (unpaired) electrons. The molecule has 5 rings (SSSR count). The standard InChI is InChI=1S/C35H41N7O2Si/c1-25-26(2)40-42-31(37)30(24-36)32(39-33(25)42)38-20-19-27-14-12-21-41(34(27)43)22-13-23-44-45(35(3,4)5,28-15-8-6-9-16-28)29-17-10-7-11-18-29/h6-12,14-18,21H,13,19-20,22-23,37H2,1-5H3,(H,38,39). The molecular weight excluding hydrogens is 579 g/mol. The van der Waals surface area contributed by atoms with Crippen molar-refractivity contribution in [2.45, 2.75) is 59.0 Å². The molecule has 0 fully saturated rings. The molecule has 45 heavy (non-hydrogen) atoms. The van der Waals surface area contributed by atoms with Gasteiger partial charge in [-0.25, -0.2) is 4.98 Å². The Morgan fingerprint density at radius 1 is 1.00 bits per heavy atom. The first-order chi connectivity index (χ1) is 21.6. The Morgan fingerprint density at radius 2 is 1.64 bits per heavy atom. The molecule has 3 heterocycles. The lowest BCUT2D eigenvalue weighted by Gasteiger charge is -2.43. The summed E-state index contributed by atoms with van der Waals surface area (Å²) in [6, 6.07) is 27.0. The van der Waals surface area contributed by atoms with E-state index >= 15 is 0 Å². The van der Waals surface area contributed by atoms with E-state index < -0.39 is 8.32 Å². The number of nitriles is 1. The predicted molar refractivity (Wildman–Crippen MR) is 183 cm³/mol. The van der Waals surface area contributed by atoms with Crippen molar-refractivity contribution in [2.75, 3.05) is 24.2 Å². The number of benzene rings is 2. The van der Waals surface area contributed by atoms with Crippen molar-refractivity contribution in [1.82, 2.24) is 19.2 Å².